The lowest BCUT2D eigenvalue weighted by molar-refractivity contribution is 0.0316. The largest absolute Gasteiger partial charge is 0.496 e. The molecule has 0 fully saturated rings. The first-order chi connectivity index (χ1) is 10.1. The van der Waals surface area contributed by atoms with Crippen LogP contribution in [0.15, 0.2) is 54.6 Å². The number of esters is 1. The predicted octanol–water partition coefficient (Wildman–Crippen LogP) is 3.12. The fraction of sp³-hybridized carbons (Fsp3) is 0.176. The zero-order valence-corrected chi connectivity index (χ0v) is 11.9. The molecule has 4 heteroatoms. The minimum absolute atomic E-state index is 0.237. The number of rotatable bonds is 5. The maximum atomic E-state index is 12.2. The molecule has 0 spiro atoms. The van der Waals surface area contributed by atoms with Crippen LogP contribution in [0.1, 0.15) is 27.6 Å². The van der Waals surface area contributed by atoms with E-state index in [0.29, 0.717) is 16.9 Å². The van der Waals surface area contributed by atoms with Crippen molar-refractivity contribution >= 4 is 11.8 Å². The first-order valence-corrected chi connectivity index (χ1v) is 6.56. The molecule has 0 aliphatic rings. The van der Waals surface area contributed by atoms with Crippen molar-refractivity contribution in [2.45, 2.75) is 13.0 Å². The third-order valence-electron chi connectivity index (χ3n) is 3.04. The first kappa shape index (κ1) is 14.8. The van der Waals surface area contributed by atoms with Crippen molar-refractivity contribution in [3.63, 3.8) is 0 Å². The Kier molecular flexibility index (Phi) is 4.72. The molecule has 0 bridgehead atoms. The van der Waals surface area contributed by atoms with E-state index in [9.17, 15) is 9.59 Å². The number of carbonyl (C=O) groups is 2. The van der Waals surface area contributed by atoms with Crippen molar-refractivity contribution in [1.29, 1.82) is 0 Å². The SMILES string of the molecule is COc1ccccc1C(=O)O[C@H](C)C(=O)c1ccccc1. The van der Waals surface area contributed by atoms with E-state index in [1.165, 1.54) is 7.11 Å². The van der Waals surface area contributed by atoms with E-state index < -0.39 is 12.1 Å². The smallest absolute Gasteiger partial charge is 0.342 e. The Balaban J connectivity index is 2.11. The summed E-state index contributed by atoms with van der Waals surface area (Å²) in [5, 5.41) is 0. The fourth-order valence-corrected chi connectivity index (χ4v) is 1.93. The summed E-state index contributed by atoms with van der Waals surface area (Å²) >= 11 is 0. The van der Waals surface area contributed by atoms with Gasteiger partial charge in [-0.05, 0) is 19.1 Å². The summed E-state index contributed by atoms with van der Waals surface area (Å²) in [6, 6.07) is 15.5. The van der Waals surface area contributed by atoms with Gasteiger partial charge in [-0.3, -0.25) is 4.79 Å². The molecule has 21 heavy (non-hydrogen) atoms. The van der Waals surface area contributed by atoms with Gasteiger partial charge < -0.3 is 9.47 Å². The van der Waals surface area contributed by atoms with E-state index in [1.54, 1.807) is 55.5 Å². The minimum Gasteiger partial charge on any atom is -0.496 e. The highest BCUT2D eigenvalue weighted by Crippen LogP contribution is 2.19. The number of carbonyl (C=O) groups excluding carboxylic acids is 2. The minimum atomic E-state index is -0.857. The van der Waals surface area contributed by atoms with E-state index >= 15 is 0 Å². The van der Waals surface area contributed by atoms with E-state index in [1.807, 2.05) is 6.07 Å². The lowest BCUT2D eigenvalue weighted by atomic mass is 10.1. The van der Waals surface area contributed by atoms with E-state index in [2.05, 4.69) is 0 Å². The van der Waals surface area contributed by atoms with Crippen LogP contribution < -0.4 is 4.74 Å². The second kappa shape index (κ2) is 6.70. The second-order valence-corrected chi connectivity index (χ2v) is 4.48. The van der Waals surface area contributed by atoms with Gasteiger partial charge in [-0.1, -0.05) is 42.5 Å². The van der Waals surface area contributed by atoms with E-state index in [0.717, 1.165) is 0 Å². The van der Waals surface area contributed by atoms with Crippen LogP contribution in [-0.4, -0.2) is 25.0 Å². The summed E-state index contributed by atoms with van der Waals surface area (Å²) in [6.07, 6.45) is -0.857. The van der Waals surface area contributed by atoms with Crippen LogP contribution in [0.3, 0.4) is 0 Å². The average molecular weight is 284 g/mol. The summed E-state index contributed by atoms with van der Waals surface area (Å²) in [5.74, 6) is -0.398. The molecule has 0 amide bonds. The predicted molar refractivity (Wildman–Crippen MR) is 78.6 cm³/mol. The summed E-state index contributed by atoms with van der Waals surface area (Å²) in [5.41, 5.74) is 0.811. The quantitative estimate of drug-likeness (QED) is 0.625. The van der Waals surface area contributed by atoms with Gasteiger partial charge in [0.15, 0.2) is 6.10 Å². The monoisotopic (exact) mass is 284 g/mol. The van der Waals surface area contributed by atoms with Gasteiger partial charge in [0.05, 0.1) is 7.11 Å². The number of Topliss-reactive ketones (excluding diaryl/α,β-unsaturated/α-hetero) is 1. The van der Waals surface area contributed by atoms with Gasteiger partial charge in [0.25, 0.3) is 0 Å². The Morgan fingerprint density at radius 1 is 0.952 bits per heavy atom. The molecule has 0 radical (unpaired) electrons. The molecule has 0 aromatic heterocycles. The van der Waals surface area contributed by atoms with Crippen LogP contribution >= 0.6 is 0 Å². The van der Waals surface area contributed by atoms with E-state index in [4.69, 9.17) is 9.47 Å². The molecule has 0 heterocycles. The number of ketones is 1. The fourth-order valence-electron chi connectivity index (χ4n) is 1.93. The maximum Gasteiger partial charge on any atom is 0.342 e. The highest BCUT2D eigenvalue weighted by molar-refractivity contribution is 6.01. The lowest BCUT2D eigenvalue weighted by Crippen LogP contribution is -2.24. The van der Waals surface area contributed by atoms with Gasteiger partial charge in [0, 0.05) is 5.56 Å². The van der Waals surface area contributed by atoms with Crippen LogP contribution in [0, 0.1) is 0 Å². The Bertz CT molecular complexity index is 634. The summed E-state index contributed by atoms with van der Waals surface area (Å²) in [7, 11) is 1.48. The molecule has 0 unspecified atom stereocenters. The molecule has 108 valence electrons. The van der Waals surface area contributed by atoms with Crippen LogP contribution in [0.25, 0.3) is 0 Å². The molecule has 2 aromatic rings. The standard InChI is InChI=1S/C17H16O4/c1-12(16(18)13-8-4-3-5-9-13)21-17(19)14-10-6-7-11-15(14)20-2/h3-12H,1-2H3/t12-/m1/s1. The van der Waals surface area contributed by atoms with Crippen molar-refractivity contribution in [1.82, 2.24) is 0 Å². The Morgan fingerprint density at radius 2 is 1.57 bits per heavy atom. The van der Waals surface area contributed by atoms with Gasteiger partial charge in [-0.15, -0.1) is 0 Å². The zero-order valence-electron chi connectivity index (χ0n) is 11.9. The van der Waals surface area contributed by atoms with Crippen molar-refractivity contribution in [2.24, 2.45) is 0 Å². The third-order valence-corrected chi connectivity index (χ3v) is 3.04. The van der Waals surface area contributed by atoms with Crippen LogP contribution in [0.5, 0.6) is 5.75 Å². The van der Waals surface area contributed by atoms with Crippen molar-refractivity contribution in [2.75, 3.05) is 7.11 Å². The molecule has 0 saturated carbocycles. The normalized spacial score (nSPS) is 11.5. The van der Waals surface area contributed by atoms with Crippen LogP contribution in [0.4, 0.5) is 0 Å². The molecule has 4 nitrogen and oxygen atoms in total. The number of ether oxygens (including phenoxy) is 2. The Labute approximate surface area is 123 Å². The van der Waals surface area contributed by atoms with Crippen LogP contribution in [0.2, 0.25) is 0 Å². The molecule has 0 aliphatic carbocycles. The Morgan fingerprint density at radius 3 is 2.24 bits per heavy atom. The van der Waals surface area contributed by atoms with Crippen molar-refractivity contribution in [3.8, 4) is 5.75 Å². The second-order valence-electron chi connectivity index (χ2n) is 4.48. The molecule has 2 aromatic carbocycles. The average Bonchev–Trinajstić information content (AvgIpc) is 2.54. The molecule has 0 aliphatic heterocycles. The molecule has 1 atom stereocenters. The van der Waals surface area contributed by atoms with Gasteiger partial charge in [-0.2, -0.15) is 0 Å². The number of benzene rings is 2. The van der Waals surface area contributed by atoms with Gasteiger partial charge in [-0.25, -0.2) is 4.79 Å². The number of hydrogen-bond donors (Lipinski definition) is 0. The zero-order chi connectivity index (χ0) is 15.2. The summed E-state index contributed by atoms with van der Waals surface area (Å²) in [4.78, 5) is 24.3. The number of hydrogen-bond acceptors (Lipinski definition) is 4. The maximum absolute atomic E-state index is 12.2. The molecular formula is C17H16O4. The number of para-hydroxylation sites is 1. The molecular weight excluding hydrogens is 268 g/mol. The number of methoxy groups -OCH3 is 1. The Hall–Kier alpha value is -2.62. The van der Waals surface area contributed by atoms with E-state index in [-0.39, 0.29) is 5.78 Å². The topological polar surface area (TPSA) is 52.6 Å². The van der Waals surface area contributed by atoms with Gasteiger partial charge in [0.1, 0.15) is 11.3 Å². The highest BCUT2D eigenvalue weighted by Gasteiger charge is 2.21. The summed E-state index contributed by atoms with van der Waals surface area (Å²) < 4.78 is 10.3. The lowest BCUT2D eigenvalue weighted by Gasteiger charge is -2.13. The summed E-state index contributed by atoms with van der Waals surface area (Å²) in [6.45, 7) is 1.56. The van der Waals surface area contributed by atoms with Crippen LogP contribution in [-0.2, 0) is 4.74 Å². The first-order valence-electron chi connectivity index (χ1n) is 6.56. The molecule has 0 N–H and O–H groups in total. The van der Waals surface area contributed by atoms with Gasteiger partial charge in [0.2, 0.25) is 5.78 Å². The van der Waals surface area contributed by atoms with Gasteiger partial charge >= 0.3 is 5.97 Å². The molecule has 0 saturated heterocycles. The van der Waals surface area contributed by atoms with Crippen molar-refractivity contribution in [3.05, 3.63) is 65.7 Å². The molecule has 2 rings (SSSR count). The third kappa shape index (κ3) is 3.48. The van der Waals surface area contributed by atoms with Crippen molar-refractivity contribution < 1.29 is 19.1 Å². The highest BCUT2D eigenvalue weighted by atomic mass is 16.5.